The number of ketones is 1. The van der Waals surface area contributed by atoms with Gasteiger partial charge in [-0.05, 0) is 45.7 Å². The van der Waals surface area contributed by atoms with E-state index in [0.717, 1.165) is 39.2 Å². The molecule has 1 N–H and O–H groups in total. The van der Waals surface area contributed by atoms with Gasteiger partial charge in [-0.25, -0.2) is 4.79 Å². The number of thiocarbonyl (C=S) groups is 1. The molecule has 0 aromatic heterocycles. The minimum atomic E-state index is -1.11. The lowest BCUT2D eigenvalue weighted by molar-refractivity contribution is -0.145. The quantitative estimate of drug-likeness (QED) is 0.151. The molecular formula is C32H23NO4S2. The largest absolute Gasteiger partial charge is 0.480 e. The number of nitrogens with zero attached hydrogens (tertiary/aromatic N) is 1. The Morgan fingerprint density at radius 2 is 1.54 bits per heavy atom. The van der Waals surface area contributed by atoms with Crippen LogP contribution in [0.3, 0.4) is 0 Å². The van der Waals surface area contributed by atoms with Crippen molar-refractivity contribution in [1.29, 1.82) is 0 Å². The molecule has 1 aliphatic heterocycles. The van der Waals surface area contributed by atoms with E-state index in [1.165, 1.54) is 4.90 Å². The number of thioether (sulfide) groups is 1. The molecule has 5 nitrogen and oxygen atoms in total. The van der Waals surface area contributed by atoms with Crippen molar-refractivity contribution in [1.82, 2.24) is 4.90 Å². The molecule has 0 bridgehead atoms. The molecule has 1 atom stereocenters. The Labute approximate surface area is 235 Å². The number of aliphatic carboxylic acids is 1. The lowest BCUT2D eigenvalue weighted by atomic mass is 10.0. The summed E-state index contributed by atoms with van der Waals surface area (Å²) in [5, 5.41) is 11.9. The summed E-state index contributed by atoms with van der Waals surface area (Å²) in [7, 11) is 0. The average Bonchev–Trinajstić information content (AvgIpc) is 3.23. The normalized spacial score (nSPS) is 15.4. The first kappa shape index (κ1) is 26.3. The minimum Gasteiger partial charge on any atom is -0.480 e. The first-order chi connectivity index (χ1) is 18.9. The van der Waals surface area contributed by atoms with E-state index >= 15 is 0 Å². The highest BCUT2D eigenvalue weighted by molar-refractivity contribution is 8.26. The molecule has 0 radical (unpaired) electrons. The molecule has 4 aromatic carbocycles. The summed E-state index contributed by atoms with van der Waals surface area (Å²) in [4.78, 5) is 39.4. The number of carboxylic acid groups (broad SMARTS) is 1. The van der Waals surface area contributed by atoms with Crippen LogP contribution >= 0.6 is 24.0 Å². The van der Waals surface area contributed by atoms with E-state index < -0.39 is 17.9 Å². The van der Waals surface area contributed by atoms with Crippen LogP contribution in [0.5, 0.6) is 0 Å². The van der Waals surface area contributed by atoms with E-state index in [1.54, 1.807) is 18.2 Å². The molecule has 1 saturated heterocycles. The van der Waals surface area contributed by atoms with E-state index in [1.807, 2.05) is 97.1 Å². The molecule has 39 heavy (non-hydrogen) atoms. The molecule has 7 heteroatoms. The maximum Gasteiger partial charge on any atom is 0.327 e. The van der Waals surface area contributed by atoms with Crippen molar-refractivity contribution >= 4 is 68.9 Å². The summed E-state index contributed by atoms with van der Waals surface area (Å²) in [5.41, 5.74) is 3.03. The van der Waals surface area contributed by atoms with Crippen LogP contribution in [0.25, 0.3) is 22.9 Å². The van der Waals surface area contributed by atoms with Crippen LogP contribution in [0.15, 0.2) is 108 Å². The molecule has 1 heterocycles. The zero-order chi connectivity index (χ0) is 27.4. The SMILES string of the molecule is O=C(/C=C/c1ccc(/C=C2\SC(=S)N([C@@H](Cc3ccccc3)C(=O)O)C2=O)cc1)c1ccc2ccccc2c1. The Morgan fingerprint density at radius 3 is 2.26 bits per heavy atom. The first-order valence-electron chi connectivity index (χ1n) is 12.2. The van der Waals surface area contributed by atoms with Crippen molar-refractivity contribution < 1.29 is 19.5 Å². The summed E-state index contributed by atoms with van der Waals surface area (Å²) >= 11 is 6.49. The standard InChI is InChI=1S/C32H23NO4S2/c34-28(26-16-15-24-8-4-5-9-25(24)20-26)17-14-21-10-12-23(13-11-21)19-29-30(35)33(32(38)39-29)27(31(36)37)18-22-6-2-1-3-7-22/h1-17,19-20,27H,18H2,(H,36,37)/b17-14+,29-19-/t27-/m0/s1. The number of allylic oxidation sites excluding steroid dienone is 1. The van der Waals surface area contributed by atoms with Gasteiger partial charge >= 0.3 is 5.97 Å². The Hall–Kier alpha value is -4.33. The summed E-state index contributed by atoms with van der Waals surface area (Å²) < 4.78 is 0.223. The van der Waals surface area contributed by atoms with Crippen molar-refractivity contribution in [2.75, 3.05) is 0 Å². The Bertz CT molecular complexity index is 1640. The smallest absolute Gasteiger partial charge is 0.327 e. The van der Waals surface area contributed by atoms with Gasteiger partial charge in [-0.3, -0.25) is 14.5 Å². The number of hydrogen-bond donors (Lipinski definition) is 1. The number of fused-ring (bicyclic) bond motifs is 1. The molecule has 0 unspecified atom stereocenters. The van der Waals surface area contributed by atoms with Gasteiger partial charge in [0.05, 0.1) is 4.91 Å². The summed E-state index contributed by atoms with van der Waals surface area (Å²) in [6.45, 7) is 0. The molecule has 4 aromatic rings. The number of rotatable bonds is 8. The monoisotopic (exact) mass is 549 g/mol. The van der Waals surface area contributed by atoms with Crippen LogP contribution in [-0.2, 0) is 16.0 Å². The number of carbonyl (C=O) groups is 3. The van der Waals surface area contributed by atoms with Crippen molar-refractivity contribution in [3.8, 4) is 0 Å². The lowest BCUT2D eigenvalue weighted by Crippen LogP contribution is -2.45. The number of amides is 1. The highest BCUT2D eigenvalue weighted by atomic mass is 32.2. The van der Waals surface area contributed by atoms with Gasteiger partial charge in [-0.15, -0.1) is 0 Å². The van der Waals surface area contributed by atoms with Crippen LogP contribution in [0.4, 0.5) is 0 Å². The highest BCUT2D eigenvalue weighted by Crippen LogP contribution is 2.35. The molecule has 0 spiro atoms. The van der Waals surface area contributed by atoms with Crippen LogP contribution in [-0.4, -0.2) is 38.0 Å². The lowest BCUT2D eigenvalue weighted by Gasteiger charge is -2.23. The van der Waals surface area contributed by atoms with Crippen LogP contribution in [0.1, 0.15) is 27.0 Å². The van der Waals surface area contributed by atoms with Crippen LogP contribution < -0.4 is 0 Å². The van der Waals surface area contributed by atoms with E-state index in [0.29, 0.717) is 10.5 Å². The van der Waals surface area contributed by atoms with E-state index in [2.05, 4.69) is 0 Å². The third-order valence-electron chi connectivity index (χ3n) is 6.39. The summed E-state index contributed by atoms with van der Waals surface area (Å²) in [5.74, 6) is -1.61. The summed E-state index contributed by atoms with van der Waals surface area (Å²) in [6, 6.07) is 29.0. The van der Waals surface area contributed by atoms with Gasteiger partial charge in [0.25, 0.3) is 5.91 Å². The number of hydrogen-bond acceptors (Lipinski definition) is 5. The van der Waals surface area contributed by atoms with Gasteiger partial charge in [0.2, 0.25) is 0 Å². The molecule has 1 fully saturated rings. The van der Waals surface area contributed by atoms with Crippen molar-refractivity contribution in [2.45, 2.75) is 12.5 Å². The Morgan fingerprint density at radius 1 is 0.872 bits per heavy atom. The molecule has 1 aliphatic rings. The Balaban J connectivity index is 1.28. The highest BCUT2D eigenvalue weighted by Gasteiger charge is 2.40. The number of carbonyl (C=O) groups excluding carboxylic acids is 2. The predicted molar refractivity (Wildman–Crippen MR) is 160 cm³/mol. The molecule has 0 saturated carbocycles. The third kappa shape index (κ3) is 6.06. The second-order valence-corrected chi connectivity index (χ2v) is 10.7. The first-order valence-corrected chi connectivity index (χ1v) is 13.5. The maximum atomic E-state index is 13.2. The van der Waals surface area contributed by atoms with Gasteiger partial charge < -0.3 is 5.11 Å². The van der Waals surface area contributed by atoms with E-state index in [9.17, 15) is 19.5 Å². The van der Waals surface area contributed by atoms with Gasteiger partial charge in [0, 0.05) is 12.0 Å². The molecular weight excluding hydrogens is 526 g/mol. The fraction of sp³-hybridized carbons (Fsp3) is 0.0625. The third-order valence-corrected chi connectivity index (χ3v) is 7.72. The summed E-state index contributed by atoms with van der Waals surface area (Å²) in [6.07, 6.45) is 5.16. The Kier molecular flexibility index (Phi) is 7.81. The van der Waals surface area contributed by atoms with Gasteiger partial charge in [-0.2, -0.15) is 0 Å². The second kappa shape index (κ2) is 11.6. The van der Waals surface area contributed by atoms with Crippen molar-refractivity contribution in [2.24, 2.45) is 0 Å². The second-order valence-electron chi connectivity index (χ2n) is 9.02. The zero-order valence-electron chi connectivity index (χ0n) is 20.7. The minimum absolute atomic E-state index is 0.0861. The van der Waals surface area contributed by atoms with Gasteiger partial charge in [0.1, 0.15) is 10.4 Å². The van der Waals surface area contributed by atoms with Crippen LogP contribution in [0, 0.1) is 0 Å². The fourth-order valence-corrected chi connectivity index (χ4v) is 5.70. The average molecular weight is 550 g/mol. The molecule has 1 amide bonds. The maximum absolute atomic E-state index is 13.2. The van der Waals surface area contributed by atoms with E-state index in [4.69, 9.17) is 12.2 Å². The number of carboxylic acids is 1. The predicted octanol–water partition coefficient (Wildman–Crippen LogP) is 6.63. The molecule has 5 rings (SSSR count). The van der Waals surface area contributed by atoms with Crippen LogP contribution in [0.2, 0.25) is 0 Å². The van der Waals surface area contributed by atoms with E-state index in [-0.39, 0.29) is 16.5 Å². The van der Waals surface area contributed by atoms with Gasteiger partial charge in [0.15, 0.2) is 5.78 Å². The molecule has 0 aliphatic carbocycles. The topological polar surface area (TPSA) is 74.7 Å². The van der Waals surface area contributed by atoms with Gasteiger partial charge in [-0.1, -0.05) is 121 Å². The van der Waals surface area contributed by atoms with Crippen molar-refractivity contribution in [3.05, 3.63) is 130 Å². The fourth-order valence-electron chi connectivity index (χ4n) is 4.34. The van der Waals surface area contributed by atoms with Crippen molar-refractivity contribution in [3.63, 3.8) is 0 Å². The zero-order valence-corrected chi connectivity index (χ0v) is 22.3. The number of benzene rings is 4. The molecule has 192 valence electrons.